The van der Waals surface area contributed by atoms with Gasteiger partial charge >= 0.3 is 0 Å². The molecular weight excluding hydrogens is 955 g/mol. The molecule has 0 spiro atoms. The molecule has 1 aliphatic carbocycles. The highest BCUT2D eigenvalue weighted by molar-refractivity contribution is 6.09. The smallest absolute Gasteiger partial charge is 0.156 e. The Morgan fingerprint density at radius 1 is 0.278 bits per heavy atom. The van der Waals surface area contributed by atoms with Crippen LogP contribution in [0.4, 0.5) is 0 Å². The Morgan fingerprint density at radius 2 is 0.646 bits per heavy atom. The van der Waals surface area contributed by atoms with Crippen molar-refractivity contribution in [3.8, 4) is 95.0 Å². The average molecular weight is 1010 g/mol. The molecule has 0 unspecified atom stereocenters. The minimum Gasteiger partial charge on any atom is -0.309 e. The molecule has 13 aromatic rings. The second-order valence-electron chi connectivity index (χ2n) is 20.5. The van der Waals surface area contributed by atoms with Crippen molar-refractivity contribution in [2.45, 2.75) is 12.8 Å². The lowest BCUT2D eigenvalue weighted by Gasteiger charge is -2.17. The third-order valence-corrected chi connectivity index (χ3v) is 15.5. The number of nitrogens with zero attached hydrogens (tertiary/aromatic N) is 3. The summed E-state index contributed by atoms with van der Waals surface area (Å²) < 4.78 is 2.37. The molecule has 1 aliphatic rings. The molecule has 0 radical (unpaired) electrons. The molecule has 0 bridgehead atoms. The van der Waals surface area contributed by atoms with Gasteiger partial charge in [0.2, 0.25) is 0 Å². The highest BCUT2D eigenvalue weighted by Gasteiger charge is 2.19. The molecule has 0 saturated heterocycles. The average Bonchev–Trinajstić information content (AvgIpc) is 3.96. The first-order valence-corrected chi connectivity index (χ1v) is 27.2. The Kier molecular flexibility index (Phi) is 12.4. The third-order valence-electron chi connectivity index (χ3n) is 15.5. The lowest BCUT2D eigenvalue weighted by molar-refractivity contribution is 1.01. The van der Waals surface area contributed by atoms with Gasteiger partial charge in [0.25, 0.3) is 0 Å². The van der Waals surface area contributed by atoms with Gasteiger partial charge in [-0.05, 0) is 163 Å². The number of para-hydroxylation sites is 2. The van der Waals surface area contributed by atoms with Gasteiger partial charge in [-0.25, -0.2) is 9.97 Å². The van der Waals surface area contributed by atoms with Gasteiger partial charge in [0.1, 0.15) is 0 Å². The molecule has 11 aromatic carbocycles. The van der Waals surface area contributed by atoms with E-state index in [9.17, 15) is 0 Å². The van der Waals surface area contributed by atoms with Crippen LogP contribution in [0.5, 0.6) is 0 Å². The molecule has 2 heterocycles. The van der Waals surface area contributed by atoms with E-state index in [1.165, 1.54) is 88.6 Å². The van der Waals surface area contributed by atoms with Crippen LogP contribution in [0.3, 0.4) is 0 Å². The van der Waals surface area contributed by atoms with Crippen LogP contribution in [-0.2, 0) is 0 Å². The Morgan fingerprint density at radius 3 is 1.15 bits per heavy atom. The minimum atomic E-state index is 0.748. The normalized spacial score (nSPS) is 12.4. The fourth-order valence-corrected chi connectivity index (χ4v) is 11.5. The van der Waals surface area contributed by atoms with E-state index in [1.54, 1.807) is 0 Å². The van der Waals surface area contributed by atoms with Crippen molar-refractivity contribution in [1.82, 2.24) is 14.5 Å². The van der Waals surface area contributed by atoms with Crippen LogP contribution in [-0.4, -0.2) is 14.5 Å². The zero-order chi connectivity index (χ0) is 52.5. The quantitative estimate of drug-likeness (QED) is 0.129. The maximum Gasteiger partial charge on any atom is 0.156 e. The topological polar surface area (TPSA) is 30.7 Å². The molecule has 14 rings (SSSR count). The van der Waals surface area contributed by atoms with Gasteiger partial charge in [-0.2, -0.15) is 0 Å². The van der Waals surface area contributed by atoms with Crippen LogP contribution in [0.15, 0.2) is 297 Å². The molecular formula is C76H53N3. The van der Waals surface area contributed by atoms with Crippen molar-refractivity contribution in [2.75, 3.05) is 0 Å². The van der Waals surface area contributed by atoms with Crippen molar-refractivity contribution >= 4 is 33.0 Å². The molecule has 3 heteroatoms. The fraction of sp³-hybridized carbons (Fsp3) is 0.0263. The zero-order valence-corrected chi connectivity index (χ0v) is 43.5. The van der Waals surface area contributed by atoms with E-state index < -0.39 is 0 Å². The Balaban J connectivity index is 0.816. The summed E-state index contributed by atoms with van der Waals surface area (Å²) in [5, 5.41) is 2.47. The summed E-state index contributed by atoms with van der Waals surface area (Å²) >= 11 is 0. The Hall–Kier alpha value is -10.2. The summed E-state index contributed by atoms with van der Waals surface area (Å²) in [6.07, 6.45) is 6.40. The fourth-order valence-electron chi connectivity index (χ4n) is 11.5. The van der Waals surface area contributed by atoms with Crippen LogP contribution < -0.4 is 0 Å². The summed E-state index contributed by atoms with van der Waals surface area (Å²) in [6, 6.07) is 103. The standard InChI is InChI=1S/C76H53N3/c1-3-18-52(19-4-1)56-22-11-25-59(44-56)62-28-14-29-63(47-62)61-27-13-24-58(46-61)54-40-42-55(43-41-54)72-51-73(67-33-17-35-69(50-67)79-74-38-9-7-36-70(74)71-37-8-10-39-75(71)79)78-76(77-72)68-34-16-32-66(49-68)65-31-15-30-64(48-65)60-26-12-23-57(45-60)53-20-5-2-6-21-53/h1-15,17-33,35-51H,16,34H2. The lowest BCUT2D eigenvalue weighted by atomic mass is 9.91. The van der Waals surface area contributed by atoms with Crippen molar-refractivity contribution < 1.29 is 0 Å². The number of benzene rings is 11. The van der Waals surface area contributed by atoms with Gasteiger partial charge in [0.05, 0.1) is 22.4 Å². The van der Waals surface area contributed by atoms with Crippen LogP contribution in [0.1, 0.15) is 24.2 Å². The van der Waals surface area contributed by atoms with Crippen molar-refractivity contribution in [1.29, 1.82) is 0 Å². The van der Waals surface area contributed by atoms with E-state index in [4.69, 9.17) is 9.97 Å². The molecule has 0 fully saturated rings. The summed E-state index contributed by atoms with van der Waals surface area (Å²) in [4.78, 5) is 10.9. The SMILES string of the molecule is C1=C(c2cccc(-c3cccc(-c4ccccc4)c3)c2)C=C(c2nc(-c3ccc(-c4cccc(-c5cccc(-c6cccc(-c7ccccc7)c6)c5)c4)cc3)cc(-c3cccc(-n4c5ccccc5c5ccccc54)c3)n2)CC1. The van der Waals surface area contributed by atoms with E-state index in [0.29, 0.717) is 0 Å². The predicted octanol–water partition coefficient (Wildman–Crippen LogP) is 20.2. The first-order valence-electron chi connectivity index (χ1n) is 27.2. The summed E-state index contributed by atoms with van der Waals surface area (Å²) in [6.45, 7) is 0. The number of rotatable bonds is 11. The number of aromatic nitrogens is 3. The number of allylic oxidation sites excluding steroid dienone is 4. The number of hydrogen-bond acceptors (Lipinski definition) is 2. The zero-order valence-electron chi connectivity index (χ0n) is 43.5. The van der Waals surface area contributed by atoms with Gasteiger partial charge in [0, 0.05) is 27.6 Å². The van der Waals surface area contributed by atoms with Crippen molar-refractivity contribution in [3.63, 3.8) is 0 Å². The minimum absolute atomic E-state index is 0.748. The Labute approximate surface area is 461 Å². The number of hydrogen-bond donors (Lipinski definition) is 0. The maximum atomic E-state index is 5.46. The van der Waals surface area contributed by atoms with Gasteiger partial charge in [0.15, 0.2) is 5.82 Å². The number of fused-ring (bicyclic) bond motifs is 3. The van der Waals surface area contributed by atoms with Crippen LogP contribution in [0, 0.1) is 0 Å². The molecule has 3 nitrogen and oxygen atoms in total. The molecule has 79 heavy (non-hydrogen) atoms. The highest BCUT2D eigenvalue weighted by Crippen LogP contribution is 2.38. The molecule has 0 amide bonds. The van der Waals surface area contributed by atoms with E-state index in [-0.39, 0.29) is 0 Å². The maximum absolute atomic E-state index is 5.46. The summed E-state index contributed by atoms with van der Waals surface area (Å²) in [5.74, 6) is 0.748. The van der Waals surface area contributed by atoms with Gasteiger partial charge in [-0.3, -0.25) is 0 Å². The first kappa shape index (κ1) is 47.2. The monoisotopic (exact) mass is 1010 g/mol. The van der Waals surface area contributed by atoms with Crippen LogP contribution in [0.2, 0.25) is 0 Å². The molecule has 0 N–H and O–H groups in total. The van der Waals surface area contributed by atoms with Gasteiger partial charge < -0.3 is 4.57 Å². The second kappa shape index (κ2) is 20.7. The summed E-state index contributed by atoms with van der Waals surface area (Å²) in [7, 11) is 0. The molecule has 0 atom stereocenters. The lowest BCUT2D eigenvalue weighted by Crippen LogP contribution is -2.02. The van der Waals surface area contributed by atoms with E-state index in [0.717, 1.165) is 63.6 Å². The largest absolute Gasteiger partial charge is 0.309 e. The third kappa shape index (κ3) is 9.49. The molecule has 2 aromatic heterocycles. The highest BCUT2D eigenvalue weighted by atomic mass is 15.0. The molecule has 0 saturated carbocycles. The van der Waals surface area contributed by atoms with Crippen LogP contribution >= 0.6 is 0 Å². The van der Waals surface area contributed by atoms with Crippen LogP contribution in [0.25, 0.3) is 128 Å². The van der Waals surface area contributed by atoms with E-state index >= 15 is 0 Å². The van der Waals surface area contributed by atoms with Crippen molar-refractivity contribution in [2.24, 2.45) is 0 Å². The van der Waals surface area contributed by atoms with E-state index in [1.807, 2.05) is 0 Å². The molecule has 0 aliphatic heterocycles. The van der Waals surface area contributed by atoms with Crippen molar-refractivity contribution in [3.05, 3.63) is 309 Å². The second-order valence-corrected chi connectivity index (χ2v) is 20.5. The van der Waals surface area contributed by atoms with Gasteiger partial charge in [-0.1, -0.05) is 231 Å². The first-order chi connectivity index (χ1) is 39.1. The molecule has 372 valence electrons. The predicted molar refractivity (Wildman–Crippen MR) is 331 cm³/mol. The van der Waals surface area contributed by atoms with E-state index in [2.05, 4.69) is 302 Å². The van der Waals surface area contributed by atoms with Gasteiger partial charge in [-0.15, -0.1) is 0 Å². The summed E-state index contributed by atoms with van der Waals surface area (Å²) in [5.41, 5.74) is 25.0. The Bertz CT molecular complexity index is 4410.